The Morgan fingerprint density at radius 2 is 2.12 bits per heavy atom. The van der Waals surface area contributed by atoms with Crippen LogP contribution in [0.25, 0.3) is 11.4 Å². The second kappa shape index (κ2) is 12.0. The quantitative estimate of drug-likeness (QED) is 0.360. The van der Waals surface area contributed by atoms with Gasteiger partial charge in [0, 0.05) is 39.7 Å². The molecule has 1 N–H and O–H groups in total. The molecule has 6 nitrogen and oxygen atoms in total. The van der Waals surface area contributed by atoms with Crippen molar-refractivity contribution in [1.29, 1.82) is 0 Å². The van der Waals surface area contributed by atoms with Crippen molar-refractivity contribution in [2.75, 3.05) is 25.4 Å². The number of rotatable bonds is 9. The maximum absolute atomic E-state index is 12.7. The van der Waals surface area contributed by atoms with Gasteiger partial charge in [-0.05, 0) is 49.2 Å². The topological polar surface area (TPSA) is 71.3 Å². The molecule has 2 heterocycles. The van der Waals surface area contributed by atoms with Crippen LogP contribution in [0.4, 0.5) is 0 Å². The first-order chi connectivity index (χ1) is 16.1. The molecule has 0 radical (unpaired) electrons. The second-order valence-electron chi connectivity index (χ2n) is 8.07. The minimum Gasteiger partial charge on any atom is -0.355 e. The van der Waals surface area contributed by atoms with Gasteiger partial charge in [-0.2, -0.15) is 16.7 Å². The SMILES string of the molecule is O=C(NCCSCc1ccc(Cl)cc1)C1CCCN(Cc2nc(-c3cccc(Br)c3)no2)C1. The van der Waals surface area contributed by atoms with Crippen molar-refractivity contribution < 1.29 is 9.32 Å². The van der Waals surface area contributed by atoms with Crippen LogP contribution in [0.3, 0.4) is 0 Å². The molecule has 0 bridgehead atoms. The number of nitrogens with one attached hydrogen (secondary N) is 1. The molecule has 174 valence electrons. The number of benzene rings is 2. The molecule has 33 heavy (non-hydrogen) atoms. The van der Waals surface area contributed by atoms with Gasteiger partial charge in [0.05, 0.1) is 12.5 Å². The van der Waals surface area contributed by atoms with Gasteiger partial charge in [0.15, 0.2) is 0 Å². The fourth-order valence-electron chi connectivity index (χ4n) is 3.83. The molecule has 0 aliphatic carbocycles. The zero-order valence-corrected chi connectivity index (χ0v) is 21.3. The van der Waals surface area contributed by atoms with Gasteiger partial charge in [0.25, 0.3) is 0 Å². The minimum absolute atomic E-state index is 0.00696. The standard InChI is InChI=1S/C24H26BrClN4O2S/c25-20-5-1-3-18(13-20)23-28-22(32-29-23)15-30-11-2-4-19(14-30)24(31)27-10-12-33-16-17-6-8-21(26)9-7-17/h1,3,5-9,13,19H,2,4,10-12,14-16H2,(H,27,31). The van der Waals surface area contributed by atoms with E-state index in [2.05, 4.69) is 36.3 Å². The number of thioether (sulfide) groups is 1. The molecule has 0 saturated carbocycles. The van der Waals surface area contributed by atoms with Crippen LogP contribution in [-0.2, 0) is 17.1 Å². The number of amides is 1. The van der Waals surface area contributed by atoms with Gasteiger partial charge < -0.3 is 9.84 Å². The number of nitrogens with zero attached hydrogens (tertiary/aromatic N) is 3. The molecule has 9 heteroatoms. The lowest BCUT2D eigenvalue weighted by Gasteiger charge is -2.30. The lowest BCUT2D eigenvalue weighted by Crippen LogP contribution is -2.43. The molecule has 1 atom stereocenters. The number of aromatic nitrogens is 2. The van der Waals surface area contributed by atoms with E-state index < -0.39 is 0 Å². The maximum atomic E-state index is 12.7. The Labute approximate surface area is 211 Å². The van der Waals surface area contributed by atoms with E-state index in [4.69, 9.17) is 16.1 Å². The Bertz CT molecular complexity index is 1060. The first-order valence-corrected chi connectivity index (χ1v) is 13.3. The van der Waals surface area contributed by atoms with Gasteiger partial charge in [-0.1, -0.05) is 57.0 Å². The van der Waals surface area contributed by atoms with Crippen molar-refractivity contribution in [3.05, 3.63) is 69.5 Å². The van der Waals surface area contributed by atoms with Crippen molar-refractivity contribution >= 4 is 45.2 Å². The Hall–Kier alpha value is -1.87. The summed E-state index contributed by atoms with van der Waals surface area (Å²) in [5, 5.41) is 7.96. The average molecular weight is 550 g/mol. The summed E-state index contributed by atoms with van der Waals surface area (Å²) >= 11 is 11.2. The average Bonchev–Trinajstić information content (AvgIpc) is 3.28. The van der Waals surface area contributed by atoms with Crippen molar-refractivity contribution in [3.63, 3.8) is 0 Å². The van der Waals surface area contributed by atoms with Crippen molar-refractivity contribution in [1.82, 2.24) is 20.4 Å². The Morgan fingerprint density at radius 3 is 2.94 bits per heavy atom. The molecular weight excluding hydrogens is 524 g/mol. The molecule has 0 spiro atoms. The molecule has 1 unspecified atom stereocenters. The van der Waals surface area contributed by atoms with E-state index in [0.29, 0.717) is 31.3 Å². The summed E-state index contributed by atoms with van der Waals surface area (Å²) in [4.78, 5) is 19.4. The Kier molecular flexibility index (Phi) is 8.83. The third kappa shape index (κ3) is 7.30. The molecule has 1 amide bonds. The Morgan fingerprint density at radius 1 is 1.27 bits per heavy atom. The van der Waals surface area contributed by atoms with Gasteiger partial charge in [-0.15, -0.1) is 0 Å². The third-order valence-corrected chi connectivity index (χ3v) is 7.29. The van der Waals surface area contributed by atoms with Gasteiger partial charge in [0.2, 0.25) is 17.6 Å². The highest BCUT2D eigenvalue weighted by molar-refractivity contribution is 9.10. The number of carbonyl (C=O) groups is 1. The van der Waals surface area contributed by atoms with Crippen LogP contribution in [0.2, 0.25) is 5.02 Å². The van der Waals surface area contributed by atoms with Crippen molar-refractivity contribution in [3.8, 4) is 11.4 Å². The van der Waals surface area contributed by atoms with Gasteiger partial charge >= 0.3 is 0 Å². The monoisotopic (exact) mass is 548 g/mol. The molecule has 1 aliphatic rings. The lowest BCUT2D eigenvalue weighted by atomic mass is 9.97. The van der Waals surface area contributed by atoms with Gasteiger partial charge in [-0.3, -0.25) is 9.69 Å². The van der Waals surface area contributed by atoms with E-state index in [0.717, 1.165) is 46.0 Å². The second-order valence-corrected chi connectivity index (χ2v) is 10.5. The summed E-state index contributed by atoms with van der Waals surface area (Å²) in [6.45, 7) is 2.86. The van der Waals surface area contributed by atoms with Gasteiger partial charge in [0.1, 0.15) is 0 Å². The van der Waals surface area contributed by atoms with Crippen LogP contribution in [0.1, 0.15) is 24.3 Å². The smallest absolute Gasteiger partial charge is 0.241 e. The molecule has 1 fully saturated rings. The van der Waals surface area contributed by atoms with Crippen molar-refractivity contribution in [2.24, 2.45) is 5.92 Å². The summed E-state index contributed by atoms with van der Waals surface area (Å²) in [5.74, 6) is 3.07. The predicted octanol–water partition coefficient (Wildman–Crippen LogP) is 5.41. The number of likely N-dealkylation sites (tertiary alicyclic amines) is 1. The van der Waals surface area contributed by atoms with Crippen LogP contribution >= 0.6 is 39.3 Å². The number of hydrogen-bond acceptors (Lipinski definition) is 6. The molecule has 1 aliphatic heterocycles. The zero-order chi connectivity index (χ0) is 23.0. The van der Waals surface area contributed by atoms with E-state index in [9.17, 15) is 4.79 Å². The molecule has 1 aromatic heterocycles. The largest absolute Gasteiger partial charge is 0.355 e. The summed E-state index contributed by atoms with van der Waals surface area (Å²) in [7, 11) is 0. The third-order valence-electron chi connectivity index (χ3n) is 5.51. The first-order valence-electron chi connectivity index (χ1n) is 11.0. The summed E-state index contributed by atoms with van der Waals surface area (Å²) in [5.41, 5.74) is 2.15. The van der Waals surface area contributed by atoms with E-state index >= 15 is 0 Å². The number of hydrogen-bond donors (Lipinski definition) is 1. The predicted molar refractivity (Wildman–Crippen MR) is 136 cm³/mol. The first kappa shape index (κ1) is 24.3. The molecular formula is C24H26BrClN4O2S. The summed E-state index contributed by atoms with van der Waals surface area (Å²) in [6.07, 6.45) is 1.89. The van der Waals surface area contributed by atoms with E-state index in [1.54, 1.807) is 11.8 Å². The molecule has 3 aromatic rings. The van der Waals surface area contributed by atoms with E-state index in [-0.39, 0.29) is 11.8 Å². The highest BCUT2D eigenvalue weighted by atomic mass is 79.9. The van der Waals surface area contributed by atoms with Crippen molar-refractivity contribution in [2.45, 2.75) is 25.1 Å². The number of halogens is 2. The number of piperidine rings is 1. The normalized spacial score (nSPS) is 16.6. The highest BCUT2D eigenvalue weighted by Gasteiger charge is 2.26. The minimum atomic E-state index is -0.00696. The fraction of sp³-hybridized carbons (Fsp3) is 0.375. The molecule has 1 saturated heterocycles. The summed E-state index contributed by atoms with van der Waals surface area (Å²) in [6, 6.07) is 15.7. The maximum Gasteiger partial charge on any atom is 0.241 e. The Balaban J connectivity index is 1.19. The lowest BCUT2D eigenvalue weighted by molar-refractivity contribution is -0.126. The van der Waals surface area contributed by atoms with Crippen LogP contribution in [-0.4, -0.2) is 46.3 Å². The summed E-state index contributed by atoms with van der Waals surface area (Å²) < 4.78 is 6.44. The van der Waals surface area contributed by atoms with Crippen LogP contribution in [0, 0.1) is 5.92 Å². The van der Waals surface area contributed by atoms with Gasteiger partial charge in [-0.25, -0.2) is 0 Å². The van der Waals surface area contributed by atoms with E-state index in [1.165, 1.54) is 5.56 Å². The van der Waals surface area contributed by atoms with Crippen LogP contribution in [0.15, 0.2) is 57.5 Å². The highest BCUT2D eigenvalue weighted by Crippen LogP contribution is 2.22. The fourth-order valence-corrected chi connectivity index (χ4v) is 5.17. The molecule has 2 aromatic carbocycles. The van der Waals surface area contributed by atoms with Crippen LogP contribution < -0.4 is 5.32 Å². The number of carbonyl (C=O) groups excluding carboxylic acids is 1. The molecule has 4 rings (SSSR count). The zero-order valence-electron chi connectivity index (χ0n) is 18.2. The van der Waals surface area contributed by atoms with Crippen LogP contribution in [0.5, 0.6) is 0 Å². The van der Waals surface area contributed by atoms with E-state index in [1.807, 2.05) is 48.5 Å².